The fourth-order valence-electron chi connectivity index (χ4n) is 2.13. The summed E-state index contributed by atoms with van der Waals surface area (Å²) >= 11 is 0. The van der Waals surface area contributed by atoms with Gasteiger partial charge in [0.2, 0.25) is 0 Å². The zero-order valence-electron chi connectivity index (χ0n) is 9.17. The van der Waals surface area contributed by atoms with Crippen LogP contribution < -0.4 is 0 Å². The number of carbonyl (C=O) groups is 1. The third-order valence-corrected chi connectivity index (χ3v) is 3.11. The minimum absolute atomic E-state index is 0.136. The molecule has 1 fully saturated rings. The van der Waals surface area contributed by atoms with E-state index >= 15 is 0 Å². The van der Waals surface area contributed by atoms with Crippen molar-refractivity contribution in [1.29, 1.82) is 0 Å². The Morgan fingerprint density at radius 3 is 2.44 bits per heavy atom. The monoisotopic (exact) mass is 252 g/mol. The second-order valence-electron chi connectivity index (χ2n) is 4.16. The highest BCUT2D eigenvalue weighted by molar-refractivity contribution is 6.47. The summed E-state index contributed by atoms with van der Waals surface area (Å²) in [5.74, 6) is -4.56. The Morgan fingerprint density at radius 2 is 2.00 bits per heavy atom. The van der Waals surface area contributed by atoms with Crippen molar-refractivity contribution >= 4 is 13.1 Å². The van der Waals surface area contributed by atoms with Gasteiger partial charge in [-0.15, -0.1) is 0 Å². The molecule has 94 valence electrons. The molecule has 1 aromatic rings. The van der Waals surface area contributed by atoms with Crippen LogP contribution in [0.15, 0.2) is 24.3 Å². The van der Waals surface area contributed by atoms with Crippen molar-refractivity contribution in [2.24, 2.45) is 0 Å². The molecule has 0 aromatic heterocycles. The number of carboxylic acid groups (broad SMARTS) is 1. The van der Waals surface area contributed by atoms with Crippen LogP contribution in [-0.2, 0) is 0 Å². The van der Waals surface area contributed by atoms with Gasteiger partial charge in [-0.25, -0.2) is 9.18 Å². The van der Waals surface area contributed by atoms with E-state index in [4.69, 9.17) is 15.2 Å². The Bertz CT molecular complexity index is 542. The number of benzene rings is 1. The Balaban J connectivity index is 2.46. The van der Waals surface area contributed by atoms with E-state index in [0.717, 1.165) is 6.07 Å². The summed E-state index contributed by atoms with van der Waals surface area (Å²) in [5, 5.41) is 36.6. The lowest BCUT2D eigenvalue weighted by atomic mass is 9.80. The maximum absolute atomic E-state index is 13.3. The van der Waals surface area contributed by atoms with Crippen LogP contribution in [0.25, 0.3) is 0 Å². The molecular weight excluding hydrogens is 242 g/mol. The van der Waals surface area contributed by atoms with E-state index in [0.29, 0.717) is 5.57 Å². The van der Waals surface area contributed by atoms with E-state index in [1.54, 1.807) is 0 Å². The summed E-state index contributed by atoms with van der Waals surface area (Å²) in [7, 11) is -1.64. The van der Waals surface area contributed by atoms with E-state index in [1.807, 2.05) is 0 Å². The molecule has 0 bridgehead atoms. The maximum Gasteiger partial charge on any atom is 0.460 e. The van der Waals surface area contributed by atoms with Crippen molar-refractivity contribution in [1.82, 2.24) is 0 Å². The summed E-state index contributed by atoms with van der Waals surface area (Å²) in [4.78, 5) is 10.8. The fraction of sp³-hybridized carbons (Fsp3) is 0.182. The van der Waals surface area contributed by atoms with Crippen molar-refractivity contribution in [3.05, 3.63) is 41.2 Å². The molecule has 2 rings (SSSR count). The maximum atomic E-state index is 13.3. The van der Waals surface area contributed by atoms with Crippen LogP contribution in [0.4, 0.5) is 4.39 Å². The molecular formula is C11H10BFO5. The highest BCUT2D eigenvalue weighted by Crippen LogP contribution is 2.60. The summed E-state index contributed by atoms with van der Waals surface area (Å²) in [6.07, 6.45) is 0. The molecule has 0 amide bonds. The molecule has 2 atom stereocenters. The molecule has 0 radical (unpaired) electrons. The van der Waals surface area contributed by atoms with E-state index < -0.39 is 42.0 Å². The molecule has 0 unspecified atom stereocenters. The zero-order chi connectivity index (χ0) is 13.6. The van der Waals surface area contributed by atoms with Gasteiger partial charge in [-0.1, -0.05) is 18.2 Å². The number of aromatic hydroxyl groups is 1. The largest absolute Gasteiger partial charge is 0.507 e. The van der Waals surface area contributed by atoms with Crippen LogP contribution in [0.2, 0.25) is 5.82 Å². The molecule has 1 aliphatic carbocycles. The Labute approximate surface area is 102 Å². The number of rotatable bonds is 3. The highest BCUT2D eigenvalue weighted by Gasteiger charge is 2.52. The van der Waals surface area contributed by atoms with Gasteiger partial charge < -0.3 is 20.3 Å². The minimum Gasteiger partial charge on any atom is -0.507 e. The van der Waals surface area contributed by atoms with E-state index in [-0.39, 0.29) is 5.56 Å². The third-order valence-electron chi connectivity index (χ3n) is 3.11. The molecule has 1 aliphatic rings. The Morgan fingerprint density at radius 1 is 1.39 bits per heavy atom. The van der Waals surface area contributed by atoms with Gasteiger partial charge in [0.15, 0.2) is 0 Å². The van der Waals surface area contributed by atoms with E-state index in [1.165, 1.54) is 6.07 Å². The number of aromatic carboxylic acids is 1. The third kappa shape index (κ3) is 1.77. The van der Waals surface area contributed by atoms with Crippen molar-refractivity contribution in [2.75, 3.05) is 0 Å². The Hall–Kier alpha value is -1.86. The van der Waals surface area contributed by atoms with Gasteiger partial charge in [-0.2, -0.15) is 0 Å². The van der Waals surface area contributed by atoms with E-state index in [2.05, 4.69) is 6.58 Å². The number of allylic oxidation sites excluding steroid dienone is 1. The molecule has 7 heteroatoms. The first kappa shape index (κ1) is 12.6. The lowest BCUT2D eigenvalue weighted by molar-refractivity contribution is 0.0688. The van der Waals surface area contributed by atoms with Crippen molar-refractivity contribution in [3.8, 4) is 5.75 Å². The summed E-state index contributed by atoms with van der Waals surface area (Å²) in [6.45, 7) is 3.59. The van der Waals surface area contributed by atoms with Crippen LogP contribution in [-0.4, -0.2) is 33.3 Å². The average Bonchev–Trinajstić information content (AvgIpc) is 2.89. The standard InChI is InChI=1S/C11H10BFO5/c1-4-7(9(4)12(17)18)5-2-3-6(13)8(10(5)14)11(15)16/h2-3,7,9,14,17-18H,1H2,(H,15,16)/t7-,9-/m1/s1. The molecule has 0 saturated heterocycles. The topological polar surface area (TPSA) is 98.0 Å². The van der Waals surface area contributed by atoms with Crippen LogP contribution in [0.5, 0.6) is 5.75 Å². The smallest absolute Gasteiger partial charge is 0.460 e. The molecule has 1 aromatic carbocycles. The normalized spacial score (nSPS) is 21.8. The molecule has 0 heterocycles. The second kappa shape index (κ2) is 4.11. The SMILES string of the molecule is C=C1[C@@H](B(O)O)[C@H]1c1ccc(F)c(C(=O)O)c1O. The number of carboxylic acids is 1. The first-order valence-corrected chi connectivity index (χ1v) is 5.15. The van der Waals surface area contributed by atoms with Gasteiger partial charge in [0, 0.05) is 17.3 Å². The lowest BCUT2D eigenvalue weighted by Crippen LogP contribution is -2.11. The fourth-order valence-corrected chi connectivity index (χ4v) is 2.13. The number of phenols is 1. The number of hydrogen-bond acceptors (Lipinski definition) is 4. The van der Waals surface area contributed by atoms with Crippen LogP contribution in [0.1, 0.15) is 21.8 Å². The van der Waals surface area contributed by atoms with Crippen LogP contribution in [0.3, 0.4) is 0 Å². The minimum atomic E-state index is -1.64. The van der Waals surface area contributed by atoms with Crippen molar-refractivity contribution in [2.45, 2.75) is 11.7 Å². The van der Waals surface area contributed by atoms with Crippen molar-refractivity contribution < 1.29 is 29.4 Å². The predicted octanol–water partition coefficient (Wildman–Crippen LogP) is 0.726. The molecule has 5 nitrogen and oxygen atoms in total. The molecule has 0 aliphatic heterocycles. The molecule has 1 saturated carbocycles. The first-order valence-electron chi connectivity index (χ1n) is 5.15. The first-order chi connectivity index (χ1) is 8.36. The second-order valence-corrected chi connectivity index (χ2v) is 4.16. The predicted molar refractivity (Wildman–Crippen MR) is 60.8 cm³/mol. The number of hydrogen-bond donors (Lipinski definition) is 4. The Kier molecular flexibility index (Phi) is 2.88. The van der Waals surface area contributed by atoms with Crippen LogP contribution >= 0.6 is 0 Å². The van der Waals surface area contributed by atoms with Gasteiger partial charge in [0.05, 0.1) is 0 Å². The van der Waals surface area contributed by atoms with Crippen molar-refractivity contribution in [3.63, 3.8) is 0 Å². The van der Waals surface area contributed by atoms with Gasteiger partial charge in [-0.05, 0) is 6.07 Å². The molecule has 0 spiro atoms. The van der Waals surface area contributed by atoms with Gasteiger partial charge in [-0.3, -0.25) is 0 Å². The van der Waals surface area contributed by atoms with Gasteiger partial charge in [0.1, 0.15) is 17.1 Å². The highest BCUT2D eigenvalue weighted by atomic mass is 19.1. The number of halogens is 1. The summed E-state index contributed by atoms with van der Waals surface area (Å²) in [6, 6.07) is 2.14. The lowest BCUT2D eigenvalue weighted by Gasteiger charge is -2.07. The average molecular weight is 252 g/mol. The van der Waals surface area contributed by atoms with Crippen LogP contribution in [0, 0.1) is 5.82 Å². The molecule has 18 heavy (non-hydrogen) atoms. The van der Waals surface area contributed by atoms with E-state index in [9.17, 15) is 14.3 Å². The van der Waals surface area contributed by atoms with Gasteiger partial charge in [0.25, 0.3) is 0 Å². The zero-order valence-corrected chi connectivity index (χ0v) is 9.17. The summed E-state index contributed by atoms with van der Waals surface area (Å²) in [5.41, 5.74) is -0.224. The molecule has 4 N–H and O–H groups in total. The quantitative estimate of drug-likeness (QED) is 0.469. The summed E-state index contributed by atoms with van der Waals surface area (Å²) < 4.78 is 13.3. The van der Waals surface area contributed by atoms with Gasteiger partial charge >= 0.3 is 13.1 Å².